The van der Waals surface area contributed by atoms with Gasteiger partial charge < -0.3 is 9.80 Å². The van der Waals surface area contributed by atoms with Crippen LogP contribution in [-0.2, 0) is 24.1 Å². The molecule has 208 valence electrons. The molecular weight excluding hydrogens is 539 g/mol. The number of carbonyl (C=O) groups is 3. The summed E-state index contributed by atoms with van der Waals surface area (Å²) < 4.78 is 42.1. The van der Waals surface area contributed by atoms with Crippen molar-refractivity contribution in [2.24, 2.45) is 0 Å². The summed E-state index contributed by atoms with van der Waals surface area (Å²) in [4.78, 5) is 49.1. The van der Waals surface area contributed by atoms with Gasteiger partial charge in [-0.15, -0.1) is 0 Å². The number of hydrogen-bond acceptors (Lipinski definition) is 6. The molecule has 0 saturated carbocycles. The van der Waals surface area contributed by atoms with E-state index in [9.17, 15) is 32.8 Å². The number of allylic oxidation sites excluding steroid dienone is 1. The number of nitrogens with zero attached hydrogens (tertiary/aromatic N) is 7. The number of Topliss-reactive ketones (excluding diaryl/α,β-unsaturated/α-hetero) is 1. The molecule has 3 heterocycles. The van der Waals surface area contributed by atoms with Gasteiger partial charge in [-0.2, -0.15) is 23.5 Å². The number of nitriles is 1. The van der Waals surface area contributed by atoms with Gasteiger partial charge in [-0.05, 0) is 42.3 Å². The van der Waals surface area contributed by atoms with Gasteiger partial charge in [0, 0.05) is 36.8 Å². The minimum absolute atomic E-state index is 0.00844. The van der Waals surface area contributed by atoms with Crippen molar-refractivity contribution in [2.45, 2.75) is 38.1 Å². The quantitative estimate of drug-likeness (QED) is 0.477. The second kappa shape index (κ2) is 9.58. The zero-order valence-electron chi connectivity index (χ0n) is 21.7. The zero-order chi connectivity index (χ0) is 29.1. The molecule has 1 unspecified atom stereocenters. The SMILES string of the molecule is CN1C(=O)N(c2cccc(C(F)(F)F)c2)C2=C(C(=O)CC2)C1c1ccc(C#N)cc1C(=O)N1CCn2ncnc2C1. The Morgan fingerprint density at radius 3 is 2.66 bits per heavy atom. The first-order valence-electron chi connectivity index (χ1n) is 12.8. The Hall–Kier alpha value is -4.99. The lowest BCUT2D eigenvalue weighted by Crippen LogP contribution is -2.48. The number of ketones is 1. The van der Waals surface area contributed by atoms with E-state index in [0.29, 0.717) is 30.2 Å². The number of rotatable bonds is 3. The third-order valence-corrected chi connectivity index (χ3v) is 7.66. The molecule has 10 nitrogen and oxygen atoms in total. The average Bonchev–Trinajstić information content (AvgIpc) is 3.59. The molecule has 1 aromatic heterocycles. The van der Waals surface area contributed by atoms with Crippen molar-refractivity contribution in [3.8, 4) is 6.07 Å². The highest BCUT2D eigenvalue weighted by Gasteiger charge is 2.46. The Kier molecular flexibility index (Phi) is 6.13. The smallest absolute Gasteiger partial charge is 0.329 e. The number of fused-ring (bicyclic) bond motifs is 1. The highest BCUT2D eigenvalue weighted by atomic mass is 19.4. The number of urea groups is 1. The van der Waals surface area contributed by atoms with Crippen molar-refractivity contribution in [1.29, 1.82) is 5.26 Å². The second-order valence-corrected chi connectivity index (χ2v) is 10.0. The zero-order valence-corrected chi connectivity index (χ0v) is 21.7. The number of alkyl halides is 3. The molecule has 2 aromatic carbocycles. The number of amides is 3. The summed E-state index contributed by atoms with van der Waals surface area (Å²) >= 11 is 0. The molecule has 0 fully saturated rings. The lowest BCUT2D eigenvalue weighted by atomic mass is 9.88. The number of benzene rings is 2. The maximum atomic E-state index is 13.9. The van der Waals surface area contributed by atoms with E-state index in [1.165, 1.54) is 42.5 Å². The van der Waals surface area contributed by atoms with Crippen LogP contribution in [0.25, 0.3) is 0 Å². The molecule has 41 heavy (non-hydrogen) atoms. The molecule has 0 radical (unpaired) electrons. The summed E-state index contributed by atoms with van der Waals surface area (Å²) in [6.45, 7) is 0.946. The van der Waals surface area contributed by atoms with Crippen molar-refractivity contribution in [1.82, 2.24) is 24.6 Å². The minimum atomic E-state index is -4.62. The molecule has 1 aliphatic carbocycles. The van der Waals surface area contributed by atoms with Gasteiger partial charge in [0.1, 0.15) is 12.2 Å². The summed E-state index contributed by atoms with van der Waals surface area (Å²) in [5.41, 5.74) is 0.337. The molecule has 0 N–H and O–H groups in total. The molecule has 2 aliphatic heterocycles. The normalized spacial score (nSPS) is 18.9. The predicted octanol–water partition coefficient (Wildman–Crippen LogP) is 4.05. The van der Waals surface area contributed by atoms with E-state index in [1.54, 1.807) is 15.6 Å². The summed E-state index contributed by atoms with van der Waals surface area (Å²) in [5.74, 6) is -0.0736. The fraction of sp³-hybridized carbons (Fsp3) is 0.286. The molecule has 3 aliphatic rings. The standard InChI is InChI=1S/C28H22F3N7O3/c1-35-25(19-6-5-16(13-32)11-20(19)26(40)36-9-10-37-23(14-36)33-15-34-37)24-21(7-8-22(24)39)38(27(35)41)18-4-2-3-17(12-18)28(29,30)31/h2-6,11-12,15,25H,7-10,14H2,1H3. The molecule has 13 heteroatoms. The second-order valence-electron chi connectivity index (χ2n) is 10.0. The maximum Gasteiger partial charge on any atom is 0.416 e. The van der Waals surface area contributed by atoms with Crippen LogP contribution in [0.4, 0.5) is 23.7 Å². The van der Waals surface area contributed by atoms with E-state index >= 15 is 0 Å². The first-order valence-corrected chi connectivity index (χ1v) is 12.8. The predicted molar refractivity (Wildman–Crippen MR) is 137 cm³/mol. The molecule has 6 rings (SSSR count). The third kappa shape index (κ3) is 4.32. The lowest BCUT2D eigenvalue weighted by molar-refractivity contribution is -0.137. The topological polar surface area (TPSA) is 115 Å². The van der Waals surface area contributed by atoms with Gasteiger partial charge in [-0.3, -0.25) is 14.5 Å². The van der Waals surface area contributed by atoms with Crippen LogP contribution in [0.2, 0.25) is 0 Å². The van der Waals surface area contributed by atoms with Gasteiger partial charge in [0.2, 0.25) is 0 Å². The fourth-order valence-corrected chi connectivity index (χ4v) is 5.69. The molecule has 3 amide bonds. The molecule has 0 bridgehead atoms. The first kappa shape index (κ1) is 26.2. The molecule has 0 saturated heterocycles. The van der Waals surface area contributed by atoms with Gasteiger partial charge >= 0.3 is 12.2 Å². The third-order valence-electron chi connectivity index (χ3n) is 7.66. The van der Waals surface area contributed by atoms with Gasteiger partial charge in [-0.1, -0.05) is 12.1 Å². The minimum Gasteiger partial charge on any atom is -0.329 e. The largest absolute Gasteiger partial charge is 0.416 e. The van der Waals surface area contributed by atoms with E-state index < -0.39 is 29.7 Å². The van der Waals surface area contributed by atoms with Gasteiger partial charge in [0.15, 0.2) is 5.78 Å². The van der Waals surface area contributed by atoms with Crippen LogP contribution < -0.4 is 4.90 Å². The highest BCUT2D eigenvalue weighted by molar-refractivity contribution is 6.09. The molecule has 1 atom stereocenters. The van der Waals surface area contributed by atoms with E-state index in [1.807, 2.05) is 6.07 Å². The summed E-state index contributed by atoms with van der Waals surface area (Å²) in [7, 11) is 1.44. The Bertz CT molecular complexity index is 1690. The van der Waals surface area contributed by atoms with E-state index in [2.05, 4.69) is 10.1 Å². The number of hydrogen-bond donors (Lipinski definition) is 0. The molecule has 0 spiro atoms. The van der Waals surface area contributed by atoms with Crippen molar-refractivity contribution < 1.29 is 27.6 Å². The van der Waals surface area contributed by atoms with Crippen LogP contribution in [0, 0.1) is 11.3 Å². The summed E-state index contributed by atoms with van der Waals surface area (Å²) in [6.07, 6.45) is -2.99. The van der Waals surface area contributed by atoms with E-state index in [4.69, 9.17) is 0 Å². The Balaban J connectivity index is 1.46. The lowest BCUT2D eigenvalue weighted by Gasteiger charge is -2.41. The Labute approximate surface area is 231 Å². The first-order chi connectivity index (χ1) is 19.6. The number of aromatic nitrogens is 3. The molecule has 3 aromatic rings. The number of carbonyl (C=O) groups excluding carboxylic acids is 3. The summed E-state index contributed by atoms with van der Waals surface area (Å²) in [6, 6.07) is 9.32. The van der Waals surface area contributed by atoms with Crippen molar-refractivity contribution in [3.05, 3.63) is 88.1 Å². The van der Waals surface area contributed by atoms with Gasteiger partial charge in [-0.25, -0.2) is 14.5 Å². The van der Waals surface area contributed by atoms with Crippen molar-refractivity contribution >= 4 is 23.4 Å². The van der Waals surface area contributed by atoms with Gasteiger partial charge in [0.25, 0.3) is 5.91 Å². The molecular formula is C28H22F3N7O3. The van der Waals surface area contributed by atoms with Crippen molar-refractivity contribution in [2.75, 3.05) is 18.5 Å². The maximum absolute atomic E-state index is 13.9. The van der Waals surface area contributed by atoms with Crippen LogP contribution in [0.15, 0.2) is 60.1 Å². The van der Waals surface area contributed by atoms with Crippen LogP contribution in [0.5, 0.6) is 0 Å². The highest BCUT2D eigenvalue weighted by Crippen LogP contribution is 2.46. The Morgan fingerprint density at radius 2 is 1.90 bits per heavy atom. The fourth-order valence-electron chi connectivity index (χ4n) is 5.69. The van der Waals surface area contributed by atoms with Crippen molar-refractivity contribution in [3.63, 3.8) is 0 Å². The van der Waals surface area contributed by atoms with Crippen LogP contribution in [0.1, 0.15) is 51.8 Å². The van der Waals surface area contributed by atoms with Crippen LogP contribution in [0.3, 0.4) is 0 Å². The number of halogens is 3. The van der Waals surface area contributed by atoms with Crippen LogP contribution >= 0.6 is 0 Å². The Morgan fingerprint density at radius 1 is 1.10 bits per heavy atom. The summed E-state index contributed by atoms with van der Waals surface area (Å²) in [5, 5.41) is 13.7. The van der Waals surface area contributed by atoms with Gasteiger partial charge in [0.05, 0.1) is 42.0 Å². The number of likely N-dealkylation sites (N-methyl/N-ethyl adjacent to an activating group) is 1. The average molecular weight is 562 g/mol. The van der Waals surface area contributed by atoms with E-state index in [-0.39, 0.29) is 47.6 Å². The van der Waals surface area contributed by atoms with E-state index in [0.717, 1.165) is 17.0 Å². The number of anilines is 1. The monoisotopic (exact) mass is 561 g/mol. The van der Waals surface area contributed by atoms with Crippen LogP contribution in [-0.4, -0.2) is 55.9 Å².